The fourth-order valence-corrected chi connectivity index (χ4v) is 3.49. The monoisotopic (exact) mass is 335 g/mol. The molecule has 2 heterocycles. The molecule has 1 aliphatic carbocycles. The Morgan fingerprint density at radius 3 is 2.44 bits per heavy atom. The van der Waals surface area contributed by atoms with Crippen LogP contribution in [0.5, 0.6) is 0 Å². The largest absolute Gasteiger partial charge is 0.309 e. The van der Waals surface area contributed by atoms with Gasteiger partial charge in [0.25, 0.3) is 0 Å². The molecule has 2 aliphatic rings. The number of imide groups is 1. The Bertz CT molecular complexity index is 880. The molecule has 1 saturated heterocycles. The third kappa shape index (κ3) is 2.80. The van der Waals surface area contributed by atoms with Crippen LogP contribution in [0.2, 0.25) is 0 Å². The molecule has 25 heavy (non-hydrogen) atoms. The highest BCUT2D eigenvalue weighted by atomic mass is 16.2. The lowest BCUT2D eigenvalue weighted by atomic mass is 9.85. The van der Waals surface area contributed by atoms with E-state index >= 15 is 0 Å². The highest BCUT2D eigenvalue weighted by molar-refractivity contribution is 6.08. The maximum absolute atomic E-state index is 12.4. The Morgan fingerprint density at radius 2 is 1.72 bits per heavy atom. The number of para-hydroxylation sites is 1. The van der Waals surface area contributed by atoms with Crippen LogP contribution in [0.4, 0.5) is 5.82 Å². The molecule has 4 rings (SSSR count). The van der Waals surface area contributed by atoms with Crippen molar-refractivity contribution < 1.29 is 14.4 Å². The Balaban J connectivity index is 1.46. The molecule has 0 unspecified atom stereocenters. The van der Waals surface area contributed by atoms with Crippen molar-refractivity contribution in [2.75, 3.05) is 11.9 Å². The van der Waals surface area contributed by atoms with Gasteiger partial charge in [0.2, 0.25) is 17.7 Å². The molecule has 0 bridgehead atoms. The Hall–Kier alpha value is -3.02. The third-order valence-corrected chi connectivity index (χ3v) is 4.77. The quantitative estimate of drug-likeness (QED) is 0.688. The summed E-state index contributed by atoms with van der Waals surface area (Å²) in [5, 5.41) is 3.65. The maximum Gasteiger partial charge on any atom is 0.245 e. The number of benzene rings is 1. The van der Waals surface area contributed by atoms with Crippen LogP contribution in [-0.2, 0) is 14.4 Å². The zero-order chi connectivity index (χ0) is 17.4. The molecule has 0 spiro atoms. The summed E-state index contributed by atoms with van der Waals surface area (Å²) in [5.74, 6) is -1.15. The van der Waals surface area contributed by atoms with E-state index in [0.717, 1.165) is 15.8 Å². The number of nitrogens with zero attached hydrogens (tertiary/aromatic N) is 2. The summed E-state index contributed by atoms with van der Waals surface area (Å²) >= 11 is 0. The average molecular weight is 335 g/mol. The van der Waals surface area contributed by atoms with Crippen molar-refractivity contribution in [2.45, 2.75) is 12.8 Å². The summed E-state index contributed by atoms with van der Waals surface area (Å²) in [6.07, 6.45) is 4.99. The highest BCUT2D eigenvalue weighted by Gasteiger charge is 2.47. The molecule has 1 aromatic carbocycles. The third-order valence-electron chi connectivity index (χ3n) is 4.77. The highest BCUT2D eigenvalue weighted by Crippen LogP contribution is 2.34. The summed E-state index contributed by atoms with van der Waals surface area (Å²) in [6, 6.07) is 11.2. The average Bonchev–Trinajstić information content (AvgIpc) is 2.87. The van der Waals surface area contributed by atoms with Crippen LogP contribution in [0, 0.1) is 11.8 Å². The van der Waals surface area contributed by atoms with Gasteiger partial charge in [-0.15, -0.1) is 0 Å². The van der Waals surface area contributed by atoms with Crippen LogP contribution in [0.1, 0.15) is 12.8 Å². The van der Waals surface area contributed by atoms with E-state index in [1.807, 2.05) is 42.5 Å². The van der Waals surface area contributed by atoms with Crippen molar-refractivity contribution in [1.29, 1.82) is 0 Å². The van der Waals surface area contributed by atoms with Gasteiger partial charge in [-0.2, -0.15) is 0 Å². The van der Waals surface area contributed by atoms with E-state index in [-0.39, 0.29) is 30.2 Å². The van der Waals surface area contributed by atoms with Gasteiger partial charge >= 0.3 is 0 Å². The van der Waals surface area contributed by atoms with E-state index in [1.165, 1.54) is 0 Å². The number of aromatic nitrogens is 1. The lowest BCUT2D eigenvalue weighted by Crippen LogP contribution is -2.38. The number of amides is 3. The first kappa shape index (κ1) is 15.5. The standard InChI is InChI=1S/C19H17N3O3/c23-17(21-16-10-9-12-5-1-4-8-15(12)20-16)11-22-18(24)13-6-2-3-7-14(13)19(22)25/h1-5,8-10,13-14H,6-7,11H2,(H,20,21,23)/t13-,14-/m1/s1. The van der Waals surface area contributed by atoms with Gasteiger partial charge in [0.15, 0.2) is 0 Å². The first-order valence-electron chi connectivity index (χ1n) is 8.29. The number of fused-ring (bicyclic) bond motifs is 2. The topological polar surface area (TPSA) is 79.4 Å². The number of allylic oxidation sites excluding steroid dienone is 2. The number of pyridine rings is 1. The van der Waals surface area contributed by atoms with E-state index in [9.17, 15) is 14.4 Å². The molecule has 1 N–H and O–H groups in total. The van der Waals surface area contributed by atoms with Crippen LogP contribution in [0.15, 0.2) is 48.6 Å². The maximum atomic E-state index is 12.4. The van der Waals surface area contributed by atoms with Crippen LogP contribution in [0.25, 0.3) is 10.9 Å². The fraction of sp³-hybridized carbons (Fsp3) is 0.263. The first-order chi connectivity index (χ1) is 12.1. The zero-order valence-corrected chi connectivity index (χ0v) is 13.5. The number of carbonyl (C=O) groups is 3. The van der Waals surface area contributed by atoms with Crippen LogP contribution in [0.3, 0.4) is 0 Å². The first-order valence-corrected chi connectivity index (χ1v) is 8.29. The van der Waals surface area contributed by atoms with Crippen LogP contribution < -0.4 is 5.32 Å². The van der Waals surface area contributed by atoms with Gasteiger partial charge in [-0.3, -0.25) is 19.3 Å². The second-order valence-corrected chi connectivity index (χ2v) is 6.36. The Morgan fingerprint density at radius 1 is 1.04 bits per heavy atom. The second-order valence-electron chi connectivity index (χ2n) is 6.36. The number of hydrogen-bond donors (Lipinski definition) is 1. The van der Waals surface area contributed by atoms with Crippen LogP contribution in [-0.4, -0.2) is 34.2 Å². The molecule has 3 amide bonds. The predicted octanol–water partition coefficient (Wildman–Crippen LogP) is 2.12. The van der Waals surface area contributed by atoms with Crippen molar-refractivity contribution in [3.05, 3.63) is 48.6 Å². The zero-order valence-electron chi connectivity index (χ0n) is 13.5. The van der Waals surface area contributed by atoms with Gasteiger partial charge < -0.3 is 5.32 Å². The SMILES string of the molecule is O=C(CN1C(=O)[C@@H]2CC=CC[C@H]2C1=O)Nc1ccc2ccccc2n1. The Kier molecular flexibility index (Phi) is 3.80. The van der Waals surface area contributed by atoms with Gasteiger partial charge in [0.05, 0.1) is 17.4 Å². The number of nitrogens with one attached hydrogen (secondary N) is 1. The minimum atomic E-state index is -0.420. The molecule has 6 heteroatoms. The summed E-state index contributed by atoms with van der Waals surface area (Å²) in [6.45, 7) is -0.265. The predicted molar refractivity (Wildman–Crippen MR) is 92.4 cm³/mol. The van der Waals surface area contributed by atoms with Gasteiger partial charge in [0, 0.05) is 5.39 Å². The van der Waals surface area contributed by atoms with Gasteiger partial charge in [-0.25, -0.2) is 4.98 Å². The lowest BCUT2D eigenvalue weighted by molar-refractivity contribution is -0.142. The van der Waals surface area contributed by atoms with Crippen LogP contribution >= 0.6 is 0 Å². The second kappa shape index (κ2) is 6.12. The summed E-state index contributed by atoms with van der Waals surface area (Å²) in [7, 11) is 0. The summed E-state index contributed by atoms with van der Waals surface area (Å²) in [5.41, 5.74) is 0.769. The van der Waals surface area contributed by atoms with E-state index in [1.54, 1.807) is 6.07 Å². The minimum Gasteiger partial charge on any atom is -0.309 e. The van der Waals surface area contributed by atoms with E-state index in [2.05, 4.69) is 10.3 Å². The molecule has 1 fully saturated rings. The van der Waals surface area contributed by atoms with Crippen molar-refractivity contribution in [2.24, 2.45) is 11.8 Å². The molecule has 126 valence electrons. The minimum absolute atomic E-state index is 0.249. The lowest BCUT2D eigenvalue weighted by Gasteiger charge is -2.14. The number of anilines is 1. The number of hydrogen-bond acceptors (Lipinski definition) is 4. The van der Waals surface area contributed by atoms with Gasteiger partial charge in [-0.1, -0.05) is 30.4 Å². The van der Waals surface area contributed by atoms with Crippen molar-refractivity contribution in [1.82, 2.24) is 9.88 Å². The summed E-state index contributed by atoms with van der Waals surface area (Å²) < 4.78 is 0. The molecule has 0 saturated carbocycles. The molecule has 0 radical (unpaired) electrons. The molecule has 2 aromatic rings. The van der Waals surface area contributed by atoms with Crippen molar-refractivity contribution in [3.63, 3.8) is 0 Å². The molecule has 1 aliphatic heterocycles. The molecule has 6 nitrogen and oxygen atoms in total. The Labute approximate surface area is 144 Å². The van der Waals surface area contributed by atoms with Crippen molar-refractivity contribution in [3.8, 4) is 0 Å². The van der Waals surface area contributed by atoms with E-state index in [4.69, 9.17) is 0 Å². The van der Waals surface area contributed by atoms with E-state index < -0.39 is 5.91 Å². The molecule has 1 aromatic heterocycles. The smallest absolute Gasteiger partial charge is 0.245 e. The van der Waals surface area contributed by atoms with E-state index in [0.29, 0.717) is 18.7 Å². The summed E-state index contributed by atoms with van der Waals surface area (Å²) in [4.78, 5) is 42.5. The van der Waals surface area contributed by atoms with Gasteiger partial charge in [-0.05, 0) is 31.0 Å². The van der Waals surface area contributed by atoms with Crippen molar-refractivity contribution >= 4 is 34.4 Å². The molecule has 2 atom stereocenters. The number of likely N-dealkylation sites (tertiary alicyclic amines) is 1. The number of rotatable bonds is 3. The molecular weight excluding hydrogens is 318 g/mol. The molecular formula is C19H17N3O3. The normalized spacial score (nSPS) is 22.3. The number of carbonyl (C=O) groups excluding carboxylic acids is 3. The van der Waals surface area contributed by atoms with Gasteiger partial charge in [0.1, 0.15) is 12.4 Å². The fourth-order valence-electron chi connectivity index (χ4n) is 3.49.